The van der Waals surface area contributed by atoms with Crippen LogP contribution in [0.15, 0.2) is 48.7 Å². The molecular weight excluding hydrogens is 359 g/mol. The summed E-state index contributed by atoms with van der Waals surface area (Å²) < 4.78 is 0. The molecule has 1 heterocycles. The fourth-order valence-corrected chi connectivity index (χ4v) is 2.62. The summed E-state index contributed by atoms with van der Waals surface area (Å²) in [5.74, 6) is -0.182. The number of carbonyl (C=O) groups is 1. The van der Waals surface area contributed by atoms with Crippen LogP contribution < -0.4 is 11.1 Å². The number of nitrogen functional groups attached to an aromatic ring is 1. The van der Waals surface area contributed by atoms with E-state index in [4.69, 9.17) is 5.73 Å². The van der Waals surface area contributed by atoms with Crippen LogP contribution in [-0.2, 0) is 0 Å². The number of nitrogens with zero attached hydrogens (tertiary/aromatic N) is 2. The topological polar surface area (TPSA) is 71.2 Å². The van der Waals surface area contributed by atoms with Crippen LogP contribution in [0.5, 0.6) is 0 Å². The average molecular weight is 385 g/mol. The van der Waals surface area contributed by atoms with E-state index in [1.165, 1.54) is 11.8 Å². The van der Waals surface area contributed by atoms with Gasteiger partial charge in [-0.15, -0.1) is 24.8 Å². The van der Waals surface area contributed by atoms with Gasteiger partial charge in [-0.2, -0.15) is 0 Å². The molecule has 1 aromatic carbocycles. The molecule has 2 aromatic rings. The second kappa shape index (κ2) is 11.7. The van der Waals surface area contributed by atoms with Gasteiger partial charge in [0.2, 0.25) is 0 Å². The lowest BCUT2D eigenvalue weighted by Crippen LogP contribution is -2.38. The molecule has 138 valence electrons. The smallest absolute Gasteiger partial charge is 0.269 e. The lowest BCUT2D eigenvalue weighted by Gasteiger charge is -2.30. The molecule has 0 radical (unpaired) electrons. The molecule has 2 rings (SSSR count). The van der Waals surface area contributed by atoms with E-state index < -0.39 is 0 Å². The molecule has 1 amide bonds. The van der Waals surface area contributed by atoms with E-state index in [1.807, 2.05) is 18.2 Å². The first kappa shape index (κ1) is 23.2. The Labute approximate surface area is 161 Å². The summed E-state index contributed by atoms with van der Waals surface area (Å²) in [5, 5.41) is 2.98. The number of anilines is 1. The molecular formula is C18H26Cl2N4O. The molecule has 3 N–H and O–H groups in total. The van der Waals surface area contributed by atoms with Crippen molar-refractivity contribution in [2.75, 3.05) is 25.4 Å². The van der Waals surface area contributed by atoms with Crippen LogP contribution in [0.25, 0.3) is 0 Å². The van der Waals surface area contributed by atoms with Gasteiger partial charge in [0.05, 0.1) is 17.9 Å². The van der Waals surface area contributed by atoms with Gasteiger partial charge in [0.25, 0.3) is 5.91 Å². The maximum Gasteiger partial charge on any atom is 0.269 e. The van der Waals surface area contributed by atoms with E-state index in [2.05, 4.69) is 41.2 Å². The van der Waals surface area contributed by atoms with Gasteiger partial charge in [-0.1, -0.05) is 44.2 Å². The molecule has 0 bridgehead atoms. The van der Waals surface area contributed by atoms with Crippen molar-refractivity contribution >= 4 is 36.4 Å². The van der Waals surface area contributed by atoms with Crippen LogP contribution in [0.1, 0.15) is 35.9 Å². The van der Waals surface area contributed by atoms with E-state index in [9.17, 15) is 4.79 Å². The van der Waals surface area contributed by atoms with Gasteiger partial charge >= 0.3 is 0 Å². The van der Waals surface area contributed by atoms with Crippen LogP contribution in [0, 0.1) is 0 Å². The van der Waals surface area contributed by atoms with Gasteiger partial charge < -0.3 is 11.1 Å². The Bertz CT molecular complexity index is 619. The molecule has 0 aliphatic rings. The second-order valence-electron chi connectivity index (χ2n) is 5.33. The highest BCUT2D eigenvalue weighted by Crippen LogP contribution is 2.19. The Morgan fingerprint density at radius 1 is 1.12 bits per heavy atom. The van der Waals surface area contributed by atoms with Crippen molar-refractivity contribution in [3.8, 4) is 0 Å². The normalized spacial score (nSPS) is 11.2. The van der Waals surface area contributed by atoms with Gasteiger partial charge in [0.1, 0.15) is 5.69 Å². The lowest BCUT2D eigenvalue weighted by molar-refractivity contribution is 0.0930. The number of nitrogens with two attached hydrogens (primary N) is 1. The first-order valence-electron chi connectivity index (χ1n) is 7.94. The van der Waals surface area contributed by atoms with Gasteiger partial charge in [-0.3, -0.25) is 9.69 Å². The lowest BCUT2D eigenvalue weighted by atomic mass is 10.0. The number of rotatable bonds is 7. The van der Waals surface area contributed by atoms with Crippen molar-refractivity contribution < 1.29 is 4.79 Å². The van der Waals surface area contributed by atoms with E-state index >= 15 is 0 Å². The minimum atomic E-state index is -0.182. The van der Waals surface area contributed by atoms with Crippen molar-refractivity contribution in [3.63, 3.8) is 0 Å². The summed E-state index contributed by atoms with van der Waals surface area (Å²) >= 11 is 0. The van der Waals surface area contributed by atoms with Crippen LogP contribution in [0.2, 0.25) is 0 Å². The number of likely N-dealkylation sites (N-methyl/N-ethyl adjacent to an activating group) is 1. The van der Waals surface area contributed by atoms with Crippen molar-refractivity contribution in [1.29, 1.82) is 0 Å². The second-order valence-corrected chi connectivity index (χ2v) is 5.33. The number of hydrogen-bond donors (Lipinski definition) is 2. The number of pyridine rings is 1. The molecule has 5 nitrogen and oxygen atoms in total. The highest BCUT2D eigenvalue weighted by atomic mass is 35.5. The highest BCUT2D eigenvalue weighted by molar-refractivity contribution is 5.92. The molecule has 0 saturated heterocycles. The van der Waals surface area contributed by atoms with Crippen molar-refractivity contribution in [2.45, 2.75) is 19.9 Å². The molecule has 1 atom stereocenters. The van der Waals surface area contributed by atoms with Gasteiger partial charge in [-0.05, 0) is 30.8 Å². The quantitative estimate of drug-likeness (QED) is 0.767. The Hall–Kier alpha value is -1.82. The maximum atomic E-state index is 12.3. The van der Waals surface area contributed by atoms with E-state index in [1.54, 1.807) is 12.1 Å². The van der Waals surface area contributed by atoms with Crippen LogP contribution in [-0.4, -0.2) is 35.4 Å². The third-order valence-corrected chi connectivity index (χ3v) is 3.91. The number of nitrogens with one attached hydrogen (secondary N) is 1. The van der Waals surface area contributed by atoms with Crippen LogP contribution >= 0.6 is 24.8 Å². The molecule has 0 saturated carbocycles. The van der Waals surface area contributed by atoms with Crippen molar-refractivity contribution in [1.82, 2.24) is 15.2 Å². The molecule has 1 unspecified atom stereocenters. The van der Waals surface area contributed by atoms with E-state index in [0.717, 1.165) is 13.1 Å². The molecule has 7 heteroatoms. The zero-order valence-electron chi connectivity index (χ0n) is 14.5. The minimum Gasteiger partial charge on any atom is -0.397 e. The van der Waals surface area contributed by atoms with Gasteiger partial charge in [0.15, 0.2) is 0 Å². The molecule has 1 aromatic heterocycles. The van der Waals surface area contributed by atoms with Gasteiger partial charge in [-0.25, -0.2) is 4.98 Å². The summed E-state index contributed by atoms with van der Waals surface area (Å²) in [4.78, 5) is 18.6. The van der Waals surface area contributed by atoms with Gasteiger partial charge in [0, 0.05) is 6.54 Å². The molecule has 0 fully saturated rings. The van der Waals surface area contributed by atoms with Crippen LogP contribution in [0.4, 0.5) is 5.69 Å². The first-order chi connectivity index (χ1) is 11.2. The largest absolute Gasteiger partial charge is 0.397 e. The van der Waals surface area contributed by atoms with E-state index in [0.29, 0.717) is 17.9 Å². The molecule has 0 aliphatic carbocycles. The monoisotopic (exact) mass is 384 g/mol. The standard InChI is InChI=1S/C18H24N4O.2ClH/c1-3-22(4-2)17(14-8-6-5-7-9-14)13-21-18(23)16-11-10-15(19)12-20-16;;/h5-12,17H,3-4,13,19H2,1-2H3,(H,21,23);2*1H. The number of hydrogen-bond acceptors (Lipinski definition) is 4. The zero-order valence-corrected chi connectivity index (χ0v) is 16.1. The van der Waals surface area contributed by atoms with E-state index in [-0.39, 0.29) is 36.8 Å². The number of halogens is 2. The third kappa shape index (κ3) is 6.53. The first-order valence-corrected chi connectivity index (χ1v) is 7.94. The van der Waals surface area contributed by atoms with Crippen molar-refractivity contribution in [3.05, 3.63) is 59.9 Å². The fourth-order valence-electron chi connectivity index (χ4n) is 2.62. The minimum absolute atomic E-state index is 0. The molecule has 25 heavy (non-hydrogen) atoms. The SMILES string of the molecule is CCN(CC)C(CNC(=O)c1ccc(N)cn1)c1ccccc1.Cl.Cl. The summed E-state index contributed by atoms with van der Waals surface area (Å²) in [7, 11) is 0. The average Bonchev–Trinajstić information content (AvgIpc) is 2.59. The van der Waals surface area contributed by atoms with Crippen molar-refractivity contribution in [2.24, 2.45) is 0 Å². The summed E-state index contributed by atoms with van der Waals surface area (Å²) in [6, 6.07) is 13.7. The Balaban J connectivity index is 0.00000288. The fraction of sp³-hybridized carbons (Fsp3) is 0.333. The molecule has 0 aliphatic heterocycles. The predicted octanol–water partition coefficient (Wildman–Crippen LogP) is 3.32. The zero-order chi connectivity index (χ0) is 16.7. The van der Waals surface area contributed by atoms with Crippen LogP contribution in [0.3, 0.4) is 0 Å². The third-order valence-electron chi connectivity index (χ3n) is 3.91. The predicted molar refractivity (Wildman–Crippen MR) is 108 cm³/mol. The number of amides is 1. The Morgan fingerprint density at radius 2 is 1.76 bits per heavy atom. The Morgan fingerprint density at radius 3 is 2.28 bits per heavy atom. The maximum absolute atomic E-state index is 12.3. The number of aromatic nitrogens is 1. The Kier molecular flexibility index (Phi) is 10.8. The summed E-state index contributed by atoms with van der Waals surface area (Å²) in [5.41, 5.74) is 7.72. The number of benzene rings is 1. The highest BCUT2D eigenvalue weighted by Gasteiger charge is 2.19. The number of carbonyl (C=O) groups excluding carboxylic acids is 1. The summed E-state index contributed by atoms with van der Waals surface area (Å²) in [6.07, 6.45) is 1.49. The molecule has 0 spiro atoms. The summed E-state index contributed by atoms with van der Waals surface area (Å²) in [6.45, 7) is 6.64.